The van der Waals surface area contributed by atoms with E-state index in [-0.39, 0.29) is 17.9 Å². The summed E-state index contributed by atoms with van der Waals surface area (Å²) in [6.45, 7) is 3.95. The lowest BCUT2D eigenvalue weighted by molar-refractivity contribution is -0.125. The van der Waals surface area contributed by atoms with Gasteiger partial charge in [-0.2, -0.15) is 5.10 Å². The van der Waals surface area contributed by atoms with Crippen molar-refractivity contribution in [3.05, 3.63) is 41.6 Å². The monoisotopic (exact) mass is 387 g/mol. The molecule has 2 amide bonds. The number of nitrogens with one attached hydrogen (secondary N) is 3. The second kappa shape index (κ2) is 8.58. The number of nitrogens with zero attached hydrogens (tertiary/aromatic N) is 2. The average molecular weight is 388 g/mol. The number of benzene rings is 1. The van der Waals surface area contributed by atoms with Crippen molar-refractivity contribution in [2.45, 2.75) is 50.3 Å². The maximum absolute atomic E-state index is 12.8. The number of rotatable bonds is 6. The third-order valence-corrected chi connectivity index (χ3v) is 5.25. The molecule has 8 heteroatoms. The highest BCUT2D eigenvalue weighted by Crippen LogP contribution is 2.23. The SMILES string of the molecule is CCCC1CC(=O)NC(n2nc(C)cc2NC(=O)c2ccccc2SC)N1. The highest BCUT2D eigenvalue weighted by molar-refractivity contribution is 7.98. The van der Waals surface area contributed by atoms with Crippen molar-refractivity contribution >= 4 is 29.4 Å². The summed E-state index contributed by atoms with van der Waals surface area (Å²) >= 11 is 1.53. The summed E-state index contributed by atoms with van der Waals surface area (Å²) in [6.07, 6.45) is 3.81. The zero-order valence-electron chi connectivity index (χ0n) is 15.8. The molecule has 3 rings (SSSR count). The molecule has 2 heterocycles. The number of aryl methyl sites for hydroxylation is 1. The van der Waals surface area contributed by atoms with Gasteiger partial charge in [-0.3, -0.25) is 14.9 Å². The first-order chi connectivity index (χ1) is 13.0. The molecule has 0 aliphatic carbocycles. The minimum absolute atomic E-state index is 0.0182. The number of hydrogen-bond donors (Lipinski definition) is 3. The Morgan fingerprint density at radius 3 is 2.93 bits per heavy atom. The molecule has 2 atom stereocenters. The van der Waals surface area contributed by atoms with Crippen LogP contribution in [0.15, 0.2) is 35.2 Å². The van der Waals surface area contributed by atoms with E-state index in [1.807, 2.05) is 31.4 Å². The first-order valence-corrected chi connectivity index (χ1v) is 10.3. The molecule has 1 saturated heterocycles. The molecule has 1 aromatic heterocycles. The molecule has 27 heavy (non-hydrogen) atoms. The lowest BCUT2D eigenvalue weighted by Gasteiger charge is -2.32. The Morgan fingerprint density at radius 1 is 1.41 bits per heavy atom. The van der Waals surface area contributed by atoms with Gasteiger partial charge in [0.15, 0.2) is 6.29 Å². The van der Waals surface area contributed by atoms with Crippen molar-refractivity contribution in [1.82, 2.24) is 20.4 Å². The van der Waals surface area contributed by atoms with Crippen molar-refractivity contribution in [2.24, 2.45) is 0 Å². The Bertz CT molecular complexity index is 835. The molecule has 144 valence electrons. The van der Waals surface area contributed by atoms with Gasteiger partial charge < -0.3 is 10.6 Å². The molecule has 1 aliphatic heterocycles. The number of carbonyl (C=O) groups excluding carboxylic acids is 2. The van der Waals surface area contributed by atoms with Crippen molar-refractivity contribution < 1.29 is 9.59 Å². The van der Waals surface area contributed by atoms with Crippen LogP contribution in [-0.4, -0.2) is 33.9 Å². The molecule has 2 aromatic rings. The third kappa shape index (κ3) is 4.51. The summed E-state index contributed by atoms with van der Waals surface area (Å²) in [6, 6.07) is 9.37. The lowest BCUT2D eigenvalue weighted by Crippen LogP contribution is -2.53. The Morgan fingerprint density at radius 2 is 2.19 bits per heavy atom. The van der Waals surface area contributed by atoms with E-state index in [0.717, 1.165) is 23.4 Å². The normalized spacial score (nSPS) is 19.6. The van der Waals surface area contributed by atoms with Crippen LogP contribution < -0.4 is 16.0 Å². The second-order valence-electron chi connectivity index (χ2n) is 6.60. The fourth-order valence-corrected chi connectivity index (χ4v) is 3.84. The van der Waals surface area contributed by atoms with Crippen LogP contribution >= 0.6 is 11.8 Å². The van der Waals surface area contributed by atoms with E-state index in [2.05, 4.69) is 28.0 Å². The van der Waals surface area contributed by atoms with E-state index < -0.39 is 6.29 Å². The summed E-state index contributed by atoms with van der Waals surface area (Å²) in [5.74, 6) is 0.326. The first-order valence-electron chi connectivity index (χ1n) is 9.07. The fraction of sp³-hybridized carbons (Fsp3) is 0.421. The number of thioether (sulfide) groups is 1. The first kappa shape index (κ1) is 19.4. The van der Waals surface area contributed by atoms with Gasteiger partial charge in [-0.05, 0) is 31.7 Å². The van der Waals surface area contributed by atoms with Gasteiger partial charge in [-0.1, -0.05) is 25.5 Å². The summed E-state index contributed by atoms with van der Waals surface area (Å²) in [7, 11) is 0. The highest BCUT2D eigenvalue weighted by Gasteiger charge is 2.28. The van der Waals surface area contributed by atoms with Crippen LogP contribution in [0.2, 0.25) is 0 Å². The Labute approximate surface area is 163 Å². The van der Waals surface area contributed by atoms with Crippen LogP contribution in [0, 0.1) is 6.92 Å². The van der Waals surface area contributed by atoms with Crippen LogP contribution in [0.1, 0.15) is 48.5 Å². The van der Waals surface area contributed by atoms with E-state index in [0.29, 0.717) is 17.8 Å². The van der Waals surface area contributed by atoms with Gasteiger partial charge in [-0.25, -0.2) is 4.68 Å². The van der Waals surface area contributed by atoms with Crippen LogP contribution in [-0.2, 0) is 4.79 Å². The molecule has 0 saturated carbocycles. The minimum Gasteiger partial charge on any atom is -0.322 e. The van der Waals surface area contributed by atoms with Crippen LogP contribution in [0.5, 0.6) is 0 Å². The number of hydrogen-bond acceptors (Lipinski definition) is 5. The number of carbonyl (C=O) groups is 2. The summed E-state index contributed by atoms with van der Waals surface area (Å²) in [5.41, 5.74) is 1.37. The Kier molecular flexibility index (Phi) is 6.18. The zero-order chi connectivity index (χ0) is 19.4. The summed E-state index contributed by atoms with van der Waals surface area (Å²) in [4.78, 5) is 25.8. The topological polar surface area (TPSA) is 88.1 Å². The predicted molar refractivity (Wildman–Crippen MR) is 107 cm³/mol. The van der Waals surface area contributed by atoms with E-state index >= 15 is 0 Å². The van der Waals surface area contributed by atoms with Crippen molar-refractivity contribution in [1.29, 1.82) is 0 Å². The quantitative estimate of drug-likeness (QED) is 0.664. The molecular weight excluding hydrogens is 362 g/mol. The standard InChI is InChI=1S/C19H25N5O2S/c1-4-7-13-11-17(25)22-19(20-13)24-16(10-12(2)23-24)21-18(26)14-8-5-6-9-15(14)27-3/h5-6,8-10,13,19-20H,4,7,11H2,1-3H3,(H,21,26)(H,22,25). The van der Waals surface area contributed by atoms with Gasteiger partial charge in [0, 0.05) is 23.4 Å². The lowest BCUT2D eigenvalue weighted by atomic mass is 10.1. The van der Waals surface area contributed by atoms with Crippen molar-refractivity contribution in [3.8, 4) is 0 Å². The average Bonchev–Trinajstić information content (AvgIpc) is 3.01. The van der Waals surface area contributed by atoms with Crippen LogP contribution in [0.3, 0.4) is 0 Å². The van der Waals surface area contributed by atoms with Crippen molar-refractivity contribution in [2.75, 3.05) is 11.6 Å². The largest absolute Gasteiger partial charge is 0.322 e. The number of aromatic nitrogens is 2. The van der Waals surface area contributed by atoms with Gasteiger partial charge in [0.25, 0.3) is 5.91 Å². The Hall–Kier alpha value is -2.32. The summed E-state index contributed by atoms with van der Waals surface area (Å²) < 4.78 is 1.63. The summed E-state index contributed by atoms with van der Waals surface area (Å²) in [5, 5.41) is 13.7. The molecule has 1 aromatic carbocycles. The third-order valence-electron chi connectivity index (χ3n) is 4.46. The second-order valence-corrected chi connectivity index (χ2v) is 7.44. The maximum Gasteiger partial charge on any atom is 0.257 e. The van der Waals surface area contributed by atoms with Gasteiger partial charge in [0.05, 0.1) is 11.3 Å². The predicted octanol–water partition coefficient (Wildman–Crippen LogP) is 2.90. The minimum atomic E-state index is -0.484. The van der Waals surface area contributed by atoms with Gasteiger partial charge >= 0.3 is 0 Å². The smallest absolute Gasteiger partial charge is 0.257 e. The van der Waals surface area contributed by atoms with Crippen LogP contribution in [0.25, 0.3) is 0 Å². The fourth-order valence-electron chi connectivity index (χ4n) is 3.25. The van der Waals surface area contributed by atoms with Gasteiger partial charge in [0.2, 0.25) is 5.91 Å². The van der Waals surface area contributed by atoms with E-state index in [1.54, 1.807) is 16.8 Å². The highest BCUT2D eigenvalue weighted by atomic mass is 32.2. The van der Waals surface area contributed by atoms with Crippen molar-refractivity contribution in [3.63, 3.8) is 0 Å². The van der Waals surface area contributed by atoms with E-state index in [4.69, 9.17) is 0 Å². The van der Waals surface area contributed by atoms with E-state index in [9.17, 15) is 9.59 Å². The van der Waals surface area contributed by atoms with Gasteiger partial charge in [-0.15, -0.1) is 11.8 Å². The Balaban J connectivity index is 1.83. The molecule has 0 spiro atoms. The molecule has 3 N–H and O–H groups in total. The van der Waals surface area contributed by atoms with Crippen LogP contribution in [0.4, 0.5) is 5.82 Å². The molecule has 0 bridgehead atoms. The molecule has 1 fully saturated rings. The zero-order valence-corrected chi connectivity index (χ0v) is 16.6. The number of amides is 2. The molecule has 1 aliphatic rings. The molecular formula is C19H25N5O2S. The molecule has 2 unspecified atom stereocenters. The van der Waals surface area contributed by atoms with E-state index in [1.165, 1.54) is 11.8 Å². The van der Waals surface area contributed by atoms with Gasteiger partial charge in [0.1, 0.15) is 5.82 Å². The molecule has 7 nitrogen and oxygen atoms in total. The number of anilines is 1. The molecule has 0 radical (unpaired) electrons. The maximum atomic E-state index is 12.8.